The predicted octanol–water partition coefficient (Wildman–Crippen LogP) is 1.72. The summed E-state index contributed by atoms with van der Waals surface area (Å²) in [5, 5.41) is 24.2. The number of hydrogen-bond donors (Lipinski definition) is 4. The summed E-state index contributed by atoms with van der Waals surface area (Å²) in [6.45, 7) is 0.992. The highest BCUT2D eigenvalue weighted by Crippen LogP contribution is 2.34. The Balaban J connectivity index is 1.74. The van der Waals surface area contributed by atoms with Crippen molar-refractivity contribution in [3.63, 3.8) is 0 Å². The normalized spacial score (nSPS) is 25.8. The third kappa shape index (κ3) is 3.56. The van der Waals surface area contributed by atoms with Crippen molar-refractivity contribution < 1.29 is 14.3 Å². The smallest absolute Gasteiger partial charge is 0.304 e. The lowest BCUT2D eigenvalue weighted by Crippen LogP contribution is -2.77. The van der Waals surface area contributed by atoms with Crippen LogP contribution < -0.4 is 21.5 Å². The quantitative estimate of drug-likeness (QED) is 0.463. The third-order valence-electron chi connectivity index (χ3n) is 5.63. The van der Waals surface area contributed by atoms with E-state index in [1.54, 1.807) is 18.2 Å². The first-order valence-electron chi connectivity index (χ1n) is 9.44. The Kier molecular flexibility index (Phi) is 5.71. The van der Waals surface area contributed by atoms with Crippen LogP contribution in [-0.2, 0) is 7.05 Å². The zero-order valence-corrected chi connectivity index (χ0v) is 18.3. The molecule has 3 heterocycles. The van der Waals surface area contributed by atoms with E-state index in [1.165, 1.54) is 7.05 Å². The number of Topliss-reactive ketones (excluding diaryl/α,β-unsaturated/α-hetero) is 1. The van der Waals surface area contributed by atoms with E-state index in [0.29, 0.717) is 10.2 Å². The van der Waals surface area contributed by atoms with Gasteiger partial charge in [0.15, 0.2) is 5.69 Å². The average molecular weight is 501 g/mol. The molecule has 0 bridgehead atoms. The van der Waals surface area contributed by atoms with Crippen molar-refractivity contribution in [1.29, 1.82) is 0 Å². The molecular formula is C19H20BrClFN5O3. The summed E-state index contributed by atoms with van der Waals surface area (Å²) in [6.07, 6.45) is 1.63. The zero-order valence-electron chi connectivity index (χ0n) is 16.0. The van der Waals surface area contributed by atoms with E-state index in [2.05, 4.69) is 37.0 Å². The van der Waals surface area contributed by atoms with Crippen LogP contribution >= 0.6 is 27.5 Å². The molecule has 4 rings (SSSR count). The first-order valence-corrected chi connectivity index (χ1v) is 10.6. The van der Waals surface area contributed by atoms with E-state index < -0.39 is 28.8 Å². The Labute approximate surface area is 184 Å². The fraction of sp³-hybridized carbons (Fsp3) is 0.421. The van der Waals surface area contributed by atoms with Crippen molar-refractivity contribution >= 4 is 44.7 Å². The molecule has 0 amide bonds. The lowest BCUT2D eigenvalue weighted by molar-refractivity contribution is -0.0692. The van der Waals surface area contributed by atoms with Gasteiger partial charge in [0.05, 0.1) is 10.7 Å². The topological polar surface area (TPSA) is 108 Å². The molecule has 0 spiro atoms. The highest BCUT2D eigenvalue weighted by molar-refractivity contribution is 9.10. The maximum Gasteiger partial charge on any atom is 0.304 e. The van der Waals surface area contributed by atoms with Crippen LogP contribution in [-0.4, -0.2) is 51.4 Å². The number of aliphatic hydroxyl groups is 1. The SMILES string of the molecule is Cn1nc(C(=O)C2NCC2(O)[C@H]2CCCN2)c(Nc2ccc(Br)cc2Cl)c(F)c1=O. The number of rotatable bonds is 5. The monoisotopic (exact) mass is 499 g/mol. The fourth-order valence-corrected chi connectivity index (χ4v) is 4.64. The fourth-order valence-electron chi connectivity index (χ4n) is 3.92. The van der Waals surface area contributed by atoms with Crippen molar-refractivity contribution in [2.75, 3.05) is 18.4 Å². The Morgan fingerprint density at radius 2 is 2.23 bits per heavy atom. The van der Waals surface area contributed by atoms with Gasteiger partial charge in [-0.1, -0.05) is 27.5 Å². The van der Waals surface area contributed by atoms with Crippen LogP contribution in [0.3, 0.4) is 0 Å². The van der Waals surface area contributed by atoms with Crippen molar-refractivity contribution in [3.05, 3.63) is 49.6 Å². The molecule has 30 heavy (non-hydrogen) atoms. The lowest BCUT2D eigenvalue weighted by Gasteiger charge is -2.49. The highest BCUT2D eigenvalue weighted by atomic mass is 79.9. The van der Waals surface area contributed by atoms with Gasteiger partial charge in [0, 0.05) is 24.1 Å². The van der Waals surface area contributed by atoms with Crippen LogP contribution in [0.2, 0.25) is 5.02 Å². The molecule has 8 nitrogen and oxygen atoms in total. The number of halogens is 3. The van der Waals surface area contributed by atoms with Crippen LogP contribution in [0.5, 0.6) is 0 Å². The van der Waals surface area contributed by atoms with E-state index in [-0.39, 0.29) is 29.0 Å². The van der Waals surface area contributed by atoms with Crippen molar-refractivity contribution in [1.82, 2.24) is 20.4 Å². The molecule has 0 radical (unpaired) electrons. The Morgan fingerprint density at radius 1 is 1.47 bits per heavy atom. The molecule has 2 aliphatic rings. The Hall–Kier alpha value is -1.85. The van der Waals surface area contributed by atoms with Gasteiger partial charge >= 0.3 is 5.56 Å². The zero-order chi connectivity index (χ0) is 21.6. The summed E-state index contributed by atoms with van der Waals surface area (Å²) < 4.78 is 16.4. The summed E-state index contributed by atoms with van der Waals surface area (Å²) in [5.74, 6) is -1.76. The van der Waals surface area contributed by atoms with Gasteiger partial charge in [-0.25, -0.2) is 4.68 Å². The summed E-state index contributed by atoms with van der Waals surface area (Å²) in [4.78, 5) is 25.4. The van der Waals surface area contributed by atoms with E-state index in [1.807, 2.05) is 0 Å². The summed E-state index contributed by atoms with van der Waals surface area (Å²) in [6, 6.07) is 3.63. The molecular weight excluding hydrogens is 481 g/mol. The van der Waals surface area contributed by atoms with E-state index in [0.717, 1.165) is 24.1 Å². The maximum absolute atomic E-state index is 14.9. The number of carbonyl (C=O) groups excluding carboxylic acids is 1. The largest absolute Gasteiger partial charge is 0.385 e. The molecule has 160 valence electrons. The lowest BCUT2D eigenvalue weighted by atomic mass is 9.76. The van der Waals surface area contributed by atoms with Crippen LogP contribution in [0.25, 0.3) is 0 Å². The second-order valence-corrected chi connectivity index (χ2v) is 8.86. The molecule has 4 N–H and O–H groups in total. The number of hydrogen-bond acceptors (Lipinski definition) is 7. The molecule has 2 aromatic rings. The summed E-state index contributed by atoms with van der Waals surface area (Å²) >= 11 is 9.49. The number of carbonyl (C=O) groups is 1. The molecule has 0 saturated carbocycles. The summed E-state index contributed by atoms with van der Waals surface area (Å²) in [7, 11) is 1.26. The predicted molar refractivity (Wildman–Crippen MR) is 114 cm³/mol. The second kappa shape index (κ2) is 8.01. The molecule has 1 aromatic heterocycles. The van der Waals surface area contributed by atoms with Crippen molar-refractivity contribution in [2.45, 2.75) is 30.5 Å². The molecule has 2 saturated heterocycles. The van der Waals surface area contributed by atoms with Crippen LogP contribution in [0.15, 0.2) is 27.5 Å². The Morgan fingerprint density at radius 3 is 2.83 bits per heavy atom. The number of benzene rings is 1. The first-order chi connectivity index (χ1) is 14.2. The van der Waals surface area contributed by atoms with E-state index in [9.17, 15) is 19.1 Å². The van der Waals surface area contributed by atoms with Gasteiger partial charge in [-0.2, -0.15) is 9.49 Å². The van der Waals surface area contributed by atoms with Crippen LogP contribution in [0, 0.1) is 5.82 Å². The van der Waals surface area contributed by atoms with E-state index in [4.69, 9.17) is 11.6 Å². The molecule has 2 aliphatic heterocycles. The van der Waals surface area contributed by atoms with Gasteiger partial charge in [-0.05, 0) is 37.6 Å². The van der Waals surface area contributed by atoms with Gasteiger partial charge in [0.25, 0.3) is 0 Å². The third-order valence-corrected chi connectivity index (χ3v) is 6.43. The standard InChI is InChI=1S/C19H20BrClFN5O3/c1-27-18(29)13(22)14(25-11-5-4-9(20)7-10(11)21)15(26-27)16(28)17-19(30,8-24-17)12-3-2-6-23-12/h4-5,7,12,17,23-25,30H,2-3,6,8H2,1H3/t12-,17?,19?/m1/s1. The summed E-state index contributed by atoms with van der Waals surface area (Å²) in [5.41, 5.74) is -2.66. The minimum Gasteiger partial charge on any atom is -0.385 e. The number of ketones is 1. The van der Waals surface area contributed by atoms with Crippen molar-refractivity contribution in [2.24, 2.45) is 7.05 Å². The number of nitrogens with zero attached hydrogens (tertiary/aromatic N) is 2. The molecule has 0 aliphatic carbocycles. The number of aryl methyl sites for hydroxylation is 1. The number of nitrogens with one attached hydrogen (secondary N) is 3. The van der Waals surface area contributed by atoms with Crippen LogP contribution in [0.1, 0.15) is 23.3 Å². The van der Waals surface area contributed by atoms with E-state index >= 15 is 0 Å². The average Bonchev–Trinajstić information content (AvgIpc) is 3.23. The van der Waals surface area contributed by atoms with Gasteiger partial charge < -0.3 is 21.1 Å². The van der Waals surface area contributed by atoms with Gasteiger partial charge in [-0.15, -0.1) is 0 Å². The number of β-amino-alcohol motifs (C(OH)–C–C–N with tert-alkyl or cyclic N) is 1. The molecule has 1 aromatic carbocycles. The molecule has 11 heteroatoms. The first kappa shape index (κ1) is 21.4. The van der Waals surface area contributed by atoms with Gasteiger partial charge in [0.2, 0.25) is 11.6 Å². The minimum absolute atomic E-state index is 0.233. The minimum atomic E-state index is -1.31. The van der Waals surface area contributed by atoms with Crippen LogP contribution in [0.4, 0.5) is 15.8 Å². The van der Waals surface area contributed by atoms with Gasteiger partial charge in [0.1, 0.15) is 17.3 Å². The highest BCUT2D eigenvalue weighted by Gasteiger charge is 2.55. The molecule has 3 atom stereocenters. The molecule has 2 fully saturated rings. The van der Waals surface area contributed by atoms with Gasteiger partial charge in [-0.3, -0.25) is 9.59 Å². The maximum atomic E-state index is 14.9. The molecule has 2 unspecified atom stereocenters. The Bertz CT molecular complexity index is 1070. The van der Waals surface area contributed by atoms with Crippen molar-refractivity contribution in [3.8, 4) is 0 Å². The number of aromatic nitrogens is 2. The number of anilines is 2. The second-order valence-electron chi connectivity index (χ2n) is 7.53.